The molecule has 8 unspecified atom stereocenters. The van der Waals surface area contributed by atoms with E-state index in [2.05, 4.69) is 17.1 Å². The average molecular weight is 466 g/mol. The van der Waals surface area contributed by atoms with Gasteiger partial charge in [0.25, 0.3) is 0 Å². The molecule has 6 rings (SSSR count). The van der Waals surface area contributed by atoms with Gasteiger partial charge in [0.2, 0.25) is 0 Å². The van der Waals surface area contributed by atoms with Crippen molar-refractivity contribution in [2.45, 2.75) is 76.9 Å². The number of methoxy groups -OCH3 is 1. The Morgan fingerprint density at radius 3 is 2.50 bits per heavy atom. The molecule has 8 atom stereocenters. The highest BCUT2D eigenvalue weighted by atomic mass is 16.5. The number of benzene rings is 1. The highest BCUT2D eigenvalue weighted by Crippen LogP contribution is 2.64. The second-order valence-corrected chi connectivity index (χ2v) is 12.2. The molecule has 1 aromatic heterocycles. The van der Waals surface area contributed by atoms with Crippen LogP contribution in [0.2, 0.25) is 0 Å². The van der Waals surface area contributed by atoms with E-state index in [0.717, 1.165) is 60.9 Å². The molecule has 6 nitrogen and oxygen atoms in total. The monoisotopic (exact) mass is 465 g/mol. The number of hydrogen-bond acceptors (Lipinski definition) is 5. The van der Waals surface area contributed by atoms with Crippen LogP contribution in [0.4, 0.5) is 0 Å². The largest absolute Gasteiger partial charge is 0.387 e. The molecule has 1 aromatic carbocycles. The van der Waals surface area contributed by atoms with Gasteiger partial charge in [-0.1, -0.05) is 19.1 Å². The van der Waals surface area contributed by atoms with E-state index in [1.54, 1.807) is 11.9 Å². The lowest BCUT2D eigenvalue weighted by Gasteiger charge is -2.57. The first-order chi connectivity index (χ1) is 16.4. The summed E-state index contributed by atoms with van der Waals surface area (Å²) >= 11 is 0. The summed E-state index contributed by atoms with van der Waals surface area (Å²) in [5.74, 6) is 4.01. The third-order valence-corrected chi connectivity index (χ3v) is 10.5. The van der Waals surface area contributed by atoms with E-state index in [0.29, 0.717) is 30.8 Å². The Bertz CT molecular complexity index is 1040. The highest BCUT2D eigenvalue weighted by molar-refractivity contribution is 5.82. The van der Waals surface area contributed by atoms with Crippen LogP contribution in [-0.2, 0) is 16.1 Å². The maximum atomic E-state index is 13.5. The van der Waals surface area contributed by atoms with Gasteiger partial charge < -0.3 is 9.84 Å². The molecule has 184 valence electrons. The van der Waals surface area contributed by atoms with E-state index in [-0.39, 0.29) is 11.3 Å². The van der Waals surface area contributed by atoms with Crippen molar-refractivity contribution in [3.8, 4) is 0 Å². The summed E-state index contributed by atoms with van der Waals surface area (Å²) < 4.78 is 5.34. The van der Waals surface area contributed by atoms with Crippen LogP contribution in [0.25, 0.3) is 11.0 Å². The molecule has 0 bridgehead atoms. The number of fused-ring (bicyclic) bond motifs is 6. The Balaban J connectivity index is 1.16. The predicted octanol–water partition coefficient (Wildman–Crippen LogP) is 4.65. The quantitative estimate of drug-likeness (QED) is 0.696. The van der Waals surface area contributed by atoms with Crippen molar-refractivity contribution >= 4 is 16.8 Å². The zero-order chi connectivity index (χ0) is 23.5. The molecular weight excluding hydrogens is 426 g/mol. The number of hydrogen-bond donors (Lipinski definition) is 1. The Labute approximate surface area is 202 Å². The number of carbonyl (C=O) groups is 1. The second-order valence-electron chi connectivity index (χ2n) is 12.2. The van der Waals surface area contributed by atoms with Gasteiger partial charge in [0.1, 0.15) is 17.6 Å². The van der Waals surface area contributed by atoms with E-state index in [1.165, 1.54) is 25.7 Å². The molecule has 4 fully saturated rings. The maximum Gasteiger partial charge on any atom is 0.159 e. The van der Waals surface area contributed by atoms with Crippen molar-refractivity contribution in [1.82, 2.24) is 15.0 Å². The number of ether oxygens (including phenoxy) is 1. The standard InChI is InChI=1S/C28H39N3O3/c1-27-13-11-20-19-12-14-28(33,17-34-2)15-18(19)7-8-21(20)22(27)9-10-23(27)26(32)16-31-29-24-5-3-4-6-25(24)30-31/h3-6,18-23,33H,7-17H2,1-2H3. The van der Waals surface area contributed by atoms with Gasteiger partial charge in [-0.05, 0) is 105 Å². The summed E-state index contributed by atoms with van der Waals surface area (Å²) in [7, 11) is 1.70. The van der Waals surface area contributed by atoms with Crippen LogP contribution in [0.15, 0.2) is 24.3 Å². The molecule has 34 heavy (non-hydrogen) atoms. The van der Waals surface area contributed by atoms with Crippen LogP contribution in [-0.4, -0.2) is 45.2 Å². The zero-order valence-electron chi connectivity index (χ0n) is 20.7. The second kappa shape index (κ2) is 8.41. The Morgan fingerprint density at radius 2 is 1.76 bits per heavy atom. The van der Waals surface area contributed by atoms with Gasteiger partial charge in [0.05, 0.1) is 12.2 Å². The lowest BCUT2D eigenvalue weighted by Crippen LogP contribution is -2.52. The third kappa shape index (κ3) is 3.63. The molecule has 6 heteroatoms. The topological polar surface area (TPSA) is 77.2 Å². The van der Waals surface area contributed by atoms with Gasteiger partial charge in [0, 0.05) is 13.0 Å². The molecule has 1 heterocycles. The maximum absolute atomic E-state index is 13.5. The average Bonchev–Trinajstić information content (AvgIpc) is 3.38. The summed E-state index contributed by atoms with van der Waals surface area (Å²) in [4.78, 5) is 15.1. The molecule has 0 radical (unpaired) electrons. The predicted molar refractivity (Wildman–Crippen MR) is 130 cm³/mol. The van der Waals surface area contributed by atoms with Crippen LogP contribution in [0.1, 0.15) is 64.7 Å². The van der Waals surface area contributed by atoms with Crippen molar-refractivity contribution in [3.63, 3.8) is 0 Å². The number of aliphatic hydroxyl groups is 1. The van der Waals surface area contributed by atoms with E-state index >= 15 is 0 Å². The van der Waals surface area contributed by atoms with Gasteiger partial charge in [-0.25, -0.2) is 0 Å². The number of rotatable bonds is 5. The highest BCUT2D eigenvalue weighted by Gasteiger charge is 2.59. The lowest BCUT2D eigenvalue weighted by atomic mass is 9.49. The number of carbonyl (C=O) groups excluding carboxylic acids is 1. The molecule has 0 saturated heterocycles. The summed E-state index contributed by atoms with van der Waals surface area (Å²) in [5.41, 5.74) is 1.20. The summed E-state index contributed by atoms with van der Waals surface area (Å²) in [6, 6.07) is 7.83. The minimum Gasteiger partial charge on any atom is -0.387 e. The van der Waals surface area contributed by atoms with Crippen molar-refractivity contribution in [3.05, 3.63) is 24.3 Å². The first-order valence-electron chi connectivity index (χ1n) is 13.4. The van der Waals surface area contributed by atoms with Crippen LogP contribution in [0.5, 0.6) is 0 Å². The van der Waals surface area contributed by atoms with Crippen LogP contribution >= 0.6 is 0 Å². The van der Waals surface area contributed by atoms with Gasteiger partial charge in [-0.15, -0.1) is 0 Å². The normalized spacial score (nSPS) is 41.6. The van der Waals surface area contributed by atoms with E-state index in [4.69, 9.17) is 4.74 Å². The van der Waals surface area contributed by atoms with Crippen LogP contribution in [0, 0.1) is 40.9 Å². The third-order valence-electron chi connectivity index (χ3n) is 10.5. The fourth-order valence-electron chi connectivity index (χ4n) is 9.12. The number of nitrogens with zero attached hydrogens (tertiary/aromatic N) is 3. The SMILES string of the molecule is COCC1(O)CCC2C(CCC3C2CCC2(C)C(C(=O)Cn4nc5ccccc5n4)CCC32)C1. The van der Waals surface area contributed by atoms with Crippen LogP contribution in [0.3, 0.4) is 0 Å². The number of aromatic nitrogens is 3. The fourth-order valence-corrected chi connectivity index (χ4v) is 9.12. The van der Waals surface area contributed by atoms with Crippen LogP contribution < -0.4 is 0 Å². The lowest BCUT2D eigenvalue weighted by molar-refractivity contribution is -0.137. The molecular formula is C28H39N3O3. The first kappa shape index (κ1) is 22.7. The smallest absolute Gasteiger partial charge is 0.159 e. The van der Waals surface area contributed by atoms with Gasteiger partial charge in [-0.3, -0.25) is 4.79 Å². The van der Waals surface area contributed by atoms with Crippen molar-refractivity contribution in [2.24, 2.45) is 40.9 Å². The molecule has 4 saturated carbocycles. The molecule has 4 aliphatic rings. The minimum atomic E-state index is -0.623. The number of Topliss-reactive ketones (excluding diaryl/α,β-unsaturated/α-hetero) is 1. The summed E-state index contributed by atoms with van der Waals surface area (Å²) in [6.45, 7) is 3.18. The van der Waals surface area contributed by atoms with E-state index in [1.807, 2.05) is 24.3 Å². The van der Waals surface area contributed by atoms with Gasteiger partial charge >= 0.3 is 0 Å². The van der Waals surface area contributed by atoms with Crippen molar-refractivity contribution < 1.29 is 14.6 Å². The van der Waals surface area contributed by atoms with Gasteiger partial charge in [0.15, 0.2) is 5.78 Å². The minimum absolute atomic E-state index is 0.114. The Hall–Kier alpha value is -1.79. The molecule has 4 aliphatic carbocycles. The molecule has 2 aromatic rings. The van der Waals surface area contributed by atoms with Crippen molar-refractivity contribution in [2.75, 3.05) is 13.7 Å². The molecule has 1 N–H and O–H groups in total. The van der Waals surface area contributed by atoms with E-state index < -0.39 is 5.60 Å². The molecule has 0 amide bonds. The number of ketones is 1. The first-order valence-corrected chi connectivity index (χ1v) is 13.4. The fraction of sp³-hybridized carbons (Fsp3) is 0.750. The molecule has 0 aliphatic heterocycles. The summed E-state index contributed by atoms with van der Waals surface area (Å²) in [5, 5.41) is 20.1. The van der Waals surface area contributed by atoms with Gasteiger partial charge in [-0.2, -0.15) is 15.0 Å². The Kier molecular flexibility index (Phi) is 5.60. The Morgan fingerprint density at radius 1 is 1.03 bits per heavy atom. The zero-order valence-corrected chi connectivity index (χ0v) is 20.7. The van der Waals surface area contributed by atoms with Crippen molar-refractivity contribution in [1.29, 1.82) is 0 Å². The van der Waals surface area contributed by atoms with E-state index in [9.17, 15) is 9.90 Å². The molecule has 0 spiro atoms. The summed E-state index contributed by atoms with van der Waals surface area (Å²) in [6.07, 6.45) is 10.0.